The van der Waals surface area contributed by atoms with Gasteiger partial charge >= 0.3 is 0 Å². The molecule has 2 N–H and O–H groups in total. The van der Waals surface area contributed by atoms with Gasteiger partial charge in [0.15, 0.2) is 0 Å². The van der Waals surface area contributed by atoms with Crippen LogP contribution in [-0.2, 0) is 0 Å². The largest absolute Gasteiger partial charge is 0.397 e. The summed E-state index contributed by atoms with van der Waals surface area (Å²) in [5.41, 5.74) is 6.84. The monoisotopic (exact) mass is 244 g/mol. The van der Waals surface area contributed by atoms with Gasteiger partial charge in [-0.05, 0) is 31.7 Å². The number of piperidine rings is 1. The van der Waals surface area contributed by atoms with Crippen molar-refractivity contribution in [2.45, 2.75) is 45.1 Å². The molecule has 1 unspecified atom stereocenters. The second-order valence-electron chi connectivity index (χ2n) is 4.88. The number of nitrogens with two attached hydrogens (primary N) is 1. The third-order valence-corrected chi connectivity index (χ3v) is 3.53. The van der Waals surface area contributed by atoms with Crippen LogP contribution >= 0.6 is 0 Å². The van der Waals surface area contributed by atoms with Crippen LogP contribution in [0.1, 0.15) is 44.6 Å². The van der Waals surface area contributed by atoms with E-state index in [0.29, 0.717) is 17.3 Å². The summed E-state index contributed by atoms with van der Waals surface area (Å²) < 4.78 is 0. The van der Waals surface area contributed by atoms with Crippen LogP contribution in [0.3, 0.4) is 0 Å². The molecular weight excluding hydrogens is 224 g/mol. The lowest BCUT2D eigenvalue weighted by Crippen LogP contribution is -2.40. The van der Waals surface area contributed by atoms with Gasteiger partial charge in [0.05, 0.1) is 17.4 Å². The number of hydrogen-bond donors (Lipinski definition) is 1. The van der Waals surface area contributed by atoms with Crippen molar-refractivity contribution >= 4 is 11.5 Å². The van der Waals surface area contributed by atoms with Crippen molar-refractivity contribution in [3.8, 4) is 6.07 Å². The predicted molar refractivity (Wildman–Crippen MR) is 73.3 cm³/mol. The number of anilines is 2. The van der Waals surface area contributed by atoms with Gasteiger partial charge in [0.25, 0.3) is 0 Å². The molecule has 4 nitrogen and oxygen atoms in total. The number of aromatic nitrogens is 1. The fourth-order valence-electron chi connectivity index (χ4n) is 2.70. The standard InChI is InChI=1S/C14H20N4/c1-2-5-13-6-3-4-7-18(13)14-11(9-15)8-12(16)10-17-14/h8,10,13H,2-7,16H2,1H3. The molecule has 0 amide bonds. The summed E-state index contributed by atoms with van der Waals surface area (Å²) in [6, 6.07) is 4.45. The highest BCUT2D eigenvalue weighted by Gasteiger charge is 2.24. The van der Waals surface area contributed by atoms with E-state index in [1.807, 2.05) is 0 Å². The molecule has 0 radical (unpaired) electrons. The molecule has 0 spiro atoms. The first-order chi connectivity index (χ1) is 8.76. The SMILES string of the molecule is CCCC1CCCCN1c1ncc(N)cc1C#N. The number of hydrogen-bond acceptors (Lipinski definition) is 4. The summed E-state index contributed by atoms with van der Waals surface area (Å²) in [4.78, 5) is 6.68. The van der Waals surface area contributed by atoms with Crippen molar-refractivity contribution in [1.82, 2.24) is 4.98 Å². The van der Waals surface area contributed by atoms with Crippen molar-refractivity contribution in [3.05, 3.63) is 17.8 Å². The highest BCUT2D eigenvalue weighted by Crippen LogP contribution is 2.28. The van der Waals surface area contributed by atoms with Crippen LogP contribution in [0.15, 0.2) is 12.3 Å². The highest BCUT2D eigenvalue weighted by molar-refractivity contribution is 5.59. The molecule has 2 rings (SSSR count). The van der Waals surface area contributed by atoms with Crippen LogP contribution in [-0.4, -0.2) is 17.6 Å². The van der Waals surface area contributed by atoms with Crippen LogP contribution in [0.2, 0.25) is 0 Å². The maximum Gasteiger partial charge on any atom is 0.146 e. The van der Waals surface area contributed by atoms with Gasteiger partial charge in [0.1, 0.15) is 11.9 Å². The number of pyridine rings is 1. The van der Waals surface area contributed by atoms with Crippen LogP contribution < -0.4 is 10.6 Å². The van der Waals surface area contributed by atoms with Crippen molar-refractivity contribution in [1.29, 1.82) is 5.26 Å². The smallest absolute Gasteiger partial charge is 0.146 e. The van der Waals surface area contributed by atoms with Crippen LogP contribution in [0, 0.1) is 11.3 Å². The van der Waals surface area contributed by atoms with Crippen molar-refractivity contribution in [2.75, 3.05) is 17.2 Å². The Bertz CT molecular complexity index is 448. The van der Waals surface area contributed by atoms with Crippen molar-refractivity contribution in [3.63, 3.8) is 0 Å². The number of rotatable bonds is 3. The Morgan fingerprint density at radius 3 is 3.11 bits per heavy atom. The van der Waals surface area contributed by atoms with Gasteiger partial charge in [-0.25, -0.2) is 4.98 Å². The summed E-state index contributed by atoms with van der Waals surface area (Å²) in [5.74, 6) is 0.810. The van der Waals surface area contributed by atoms with Crippen LogP contribution in [0.25, 0.3) is 0 Å². The Balaban J connectivity index is 2.30. The fraction of sp³-hybridized carbons (Fsp3) is 0.571. The third-order valence-electron chi connectivity index (χ3n) is 3.53. The first-order valence-electron chi connectivity index (χ1n) is 6.68. The molecule has 1 aliphatic rings. The summed E-state index contributed by atoms with van der Waals surface area (Å²) >= 11 is 0. The zero-order valence-corrected chi connectivity index (χ0v) is 10.9. The normalized spacial score (nSPS) is 19.6. The predicted octanol–water partition coefficient (Wildman–Crippen LogP) is 2.69. The number of nitrogen functional groups attached to an aromatic ring is 1. The molecule has 1 fully saturated rings. The van der Waals surface area contributed by atoms with E-state index in [2.05, 4.69) is 22.9 Å². The van der Waals surface area contributed by atoms with Gasteiger partial charge in [0, 0.05) is 12.6 Å². The van der Waals surface area contributed by atoms with Crippen LogP contribution in [0.5, 0.6) is 0 Å². The second kappa shape index (κ2) is 5.72. The number of nitrogens with zero attached hydrogens (tertiary/aromatic N) is 3. The van der Waals surface area contributed by atoms with Gasteiger partial charge in [-0.1, -0.05) is 13.3 Å². The molecule has 0 aliphatic carbocycles. The third kappa shape index (κ3) is 2.56. The molecule has 1 atom stereocenters. The summed E-state index contributed by atoms with van der Waals surface area (Å²) in [7, 11) is 0. The van der Waals surface area contributed by atoms with Gasteiger partial charge in [-0.15, -0.1) is 0 Å². The quantitative estimate of drug-likeness (QED) is 0.887. The van der Waals surface area contributed by atoms with E-state index in [9.17, 15) is 5.26 Å². The molecule has 18 heavy (non-hydrogen) atoms. The van der Waals surface area contributed by atoms with Gasteiger partial charge in [-0.3, -0.25) is 0 Å². The highest BCUT2D eigenvalue weighted by atomic mass is 15.2. The van der Waals surface area contributed by atoms with E-state index < -0.39 is 0 Å². The Kier molecular flexibility index (Phi) is 4.03. The topological polar surface area (TPSA) is 65.9 Å². The van der Waals surface area contributed by atoms with E-state index >= 15 is 0 Å². The Hall–Kier alpha value is -1.76. The minimum absolute atomic E-state index is 0.520. The molecule has 0 aromatic carbocycles. The van der Waals surface area contributed by atoms with E-state index in [0.717, 1.165) is 25.2 Å². The fourth-order valence-corrected chi connectivity index (χ4v) is 2.70. The maximum atomic E-state index is 9.22. The van der Waals surface area contributed by atoms with Gasteiger partial charge < -0.3 is 10.6 Å². The molecule has 96 valence electrons. The molecule has 1 aromatic rings. The molecular formula is C14H20N4. The molecule has 0 saturated carbocycles. The Morgan fingerprint density at radius 1 is 1.56 bits per heavy atom. The average molecular weight is 244 g/mol. The van der Waals surface area contributed by atoms with E-state index in [-0.39, 0.29) is 0 Å². The zero-order valence-electron chi connectivity index (χ0n) is 10.9. The molecule has 2 heterocycles. The molecule has 1 saturated heterocycles. The summed E-state index contributed by atoms with van der Waals surface area (Å²) in [6.07, 6.45) is 7.63. The lowest BCUT2D eigenvalue weighted by atomic mass is 9.97. The number of nitriles is 1. The molecule has 1 aromatic heterocycles. The van der Waals surface area contributed by atoms with Gasteiger partial charge in [-0.2, -0.15) is 5.26 Å². The van der Waals surface area contributed by atoms with Crippen LogP contribution in [0.4, 0.5) is 11.5 Å². The second-order valence-corrected chi connectivity index (χ2v) is 4.88. The first-order valence-corrected chi connectivity index (χ1v) is 6.68. The van der Waals surface area contributed by atoms with Crippen molar-refractivity contribution in [2.24, 2.45) is 0 Å². The van der Waals surface area contributed by atoms with Gasteiger partial charge in [0.2, 0.25) is 0 Å². The molecule has 0 bridgehead atoms. The zero-order chi connectivity index (χ0) is 13.0. The minimum atomic E-state index is 0.520. The minimum Gasteiger partial charge on any atom is -0.397 e. The summed E-state index contributed by atoms with van der Waals surface area (Å²) in [5, 5.41) is 9.22. The maximum absolute atomic E-state index is 9.22. The Morgan fingerprint density at radius 2 is 2.39 bits per heavy atom. The first kappa shape index (κ1) is 12.7. The van der Waals surface area contributed by atoms with E-state index in [1.54, 1.807) is 12.3 Å². The average Bonchev–Trinajstić information content (AvgIpc) is 2.40. The lowest BCUT2D eigenvalue weighted by molar-refractivity contribution is 0.431. The van der Waals surface area contributed by atoms with E-state index in [4.69, 9.17) is 5.73 Å². The van der Waals surface area contributed by atoms with E-state index in [1.165, 1.54) is 19.3 Å². The lowest BCUT2D eigenvalue weighted by Gasteiger charge is -2.37. The van der Waals surface area contributed by atoms with Crippen molar-refractivity contribution < 1.29 is 0 Å². The summed E-state index contributed by atoms with van der Waals surface area (Å²) in [6.45, 7) is 3.20. The molecule has 1 aliphatic heterocycles. The molecule has 4 heteroatoms. The Labute approximate surface area is 108 Å².